The van der Waals surface area contributed by atoms with E-state index in [1.807, 2.05) is 6.07 Å². The van der Waals surface area contributed by atoms with Gasteiger partial charge in [-0.3, -0.25) is 0 Å². The van der Waals surface area contributed by atoms with Gasteiger partial charge < -0.3 is 10.2 Å². The predicted octanol–water partition coefficient (Wildman–Crippen LogP) is 6.74. The molecule has 29 heavy (non-hydrogen) atoms. The van der Waals surface area contributed by atoms with E-state index in [2.05, 4.69) is 44.2 Å². The lowest BCUT2D eigenvalue weighted by molar-refractivity contribution is 0.0702. The van der Waals surface area contributed by atoms with E-state index in [-0.39, 0.29) is 6.10 Å². The van der Waals surface area contributed by atoms with Crippen molar-refractivity contribution in [3.63, 3.8) is 0 Å². The van der Waals surface area contributed by atoms with Gasteiger partial charge in [0.05, 0.1) is 6.10 Å². The van der Waals surface area contributed by atoms with E-state index >= 15 is 0 Å². The average Bonchev–Trinajstić information content (AvgIpc) is 3.33. The van der Waals surface area contributed by atoms with Crippen molar-refractivity contribution < 1.29 is 15.0 Å². The second kappa shape index (κ2) is 10.2. The molecule has 2 unspecified atom stereocenters. The van der Waals surface area contributed by atoms with Crippen molar-refractivity contribution in [1.29, 1.82) is 0 Å². The zero-order chi connectivity index (χ0) is 20.8. The van der Waals surface area contributed by atoms with Crippen LogP contribution < -0.4 is 0 Å². The van der Waals surface area contributed by atoms with Crippen LogP contribution in [0.3, 0.4) is 0 Å². The molecule has 0 fully saturated rings. The second-order valence-electron chi connectivity index (χ2n) is 8.21. The third kappa shape index (κ3) is 5.58. The van der Waals surface area contributed by atoms with Gasteiger partial charge in [0.15, 0.2) is 0 Å². The number of unbranched alkanes of at least 4 members (excludes halogenated alkanes) is 2. The van der Waals surface area contributed by atoms with Crippen LogP contribution in [0.2, 0.25) is 0 Å². The molecule has 156 valence electrons. The van der Waals surface area contributed by atoms with Crippen molar-refractivity contribution in [2.45, 2.75) is 70.8 Å². The van der Waals surface area contributed by atoms with Gasteiger partial charge in [-0.05, 0) is 61.8 Å². The molecule has 1 aliphatic carbocycles. The van der Waals surface area contributed by atoms with E-state index in [9.17, 15) is 9.90 Å². The molecule has 1 aromatic heterocycles. The summed E-state index contributed by atoms with van der Waals surface area (Å²) in [6.07, 6.45) is 9.28. The van der Waals surface area contributed by atoms with Crippen LogP contribution in [0, 0.1) is 5.92 Å². The Morgan fingerprint density at radius 3 is 2.59 bits per heavy atom. The van der Waals surface area contributed by atoms with Crippen LogP contribution in [0.15, 0.2) is 48.0 Å². The zero-order valence-corrected chi connectivity index (χ0v) is 18.3. The summed E-state index contributed by atoms with van der Waals surface area (Å²) in [6, 6.07) is 12.2. The first-order chi connectivity index (χ1) is 14.0. The highest BCUT2D eigenvalue weighted by atomic mass is 32.1. The molecule has 0 saturated carbocycles. The smallest absolute Gasteiger partial charge is 0.345 e. The fourth-order valence-corrected chi connectivity index (χ4v) is 5.29. The maximum atomic E-state index is 11.1. The standard InChI is InChI=1S/C25H32O3S/c1-3-4-5-6-22(26)18-9-11-20(12-10-18)24-17(2)7-8-19(24)13-14-21-15-16-23(29-21)25(27)28/h7,9-12,15-16,19,22,24,26H,3-6,8,13-14H2,1-2H3,(H,27,28)/t19-,22?,24?/m1/s1. The lowest BCUT2D eigenvalue weighted by atomic mass is 9.82. The quantitative estimate of drug-likeness (QED) is 0.335. The molecular weight excluding hydrogens is 380 g/mol. The molecule has 1 aliphatic rings. The summed E-state index contributed by atoms with van der Waals surface area (Å²) in [6.45, 7) is 4.39. The van der Waals surface area contributed by atoms with E-state index in [1.54, 1.807) is 6.07 Å². The van der Waals surface area contributed by atoms with Crippen molar-refractivity contribution in [1.82, 2.24) is 0 Å². The van der Waals surface area contributed by atoms with Gasteiger partial charge in [-0.25, -0.2) is 4.79 Å². The van der Waals surface area contributed by atoms with E-state index in [0.717, 1.165) is 42.5 Å². The minimum Gasteiger partial charge on any atom is -0.477 e. The molecule has 1 heterocycles. The molecule has 4 heteroatoms. The van der Waals surface area contributed by atoms with Crippen LogP contribution in [0.5, 0.6) is 0 Å². The first-order valence-electron chi connectivity index (χ1n) is 10.8. The molecule has 2 N–H and O–H groups in total. The van der Waals surface area contributed by atoms with Gasteiger partial charge in [0, 0.05) is 10.8 Å². The first kappa shape index (κ1) is 21.8. The summed E-state index contributed by atoms with van der Waals surface area (Å²) >= 11 is 1.39. The fourth-order valence-electron chi connectivity index (χ4n) is 4.43. The van der Waals surface area contributed by atoms with Crippen molar-refractivity contribution in [3.8, 4) is 0 Å². The number of aliphatic hydroxyl groups is 1. The molecule has 0 amide bonds. The maximum Gasteiger partial charge on any atom is 0.345 e. The highest BCUT2D eigenvalue weighted by Gasteiger charge is 2.28. The Balaban J connectivity index is 1.62. The number of aryl methyl sites for hydroxylation is 1. The van der Waals surface area contributed by atoms with Crippen molar-refractivity contribution in [2.75, 3.05) is 0 Å². The number of rotatable bonds is 10. The lowest BCUT2D eigenvalue weighted by Crippen LogP contribution is -2.10. The van der Waals surface area contributed by atoms with E-state index in [0.29, 0.717) is 16.7 Å². The summed E-state index contributed by atoms with van der Waals surface area (Å²) in [5, 5.41) is 19.5. The van der Waals surface area contributed by atoms with Gasteiger partial charge in [-0.15, -0.1) is 11.3 Å². The maximum absolute atomic E-state index is 11.1. The SMILES string of the molecule is CCCCCC(O)c1ccc(C2C(C)=CC[C@@H]2CCc2ccc(C(=O)O)s2)cc1. The van der Waals surface area contributed by atoms with Crippen LogP contribution in [0.4, 0.5) is 0 Å². The second-order valence-corrected chi connectivity index (χ2v) is 9.38. The van der Waals surface area contributed by atoms with Crippen molar-refractivity contribution >= 4 is 17.3 Å². The van der Waals surface area contributed by atoms with Crippen molar-refractivity contribution in [2.24, 2.45) is 5.92 Å². The molecule has 0 radical (unpaired) electrons. The van der Waals surface area contributed by atoms with Crippen LogP contribution in [0.25, 0.3) is 0 Å². The number of thiophene rings is 1. The molecular formula is C25H32O3S. The van der Waals surface area contributed by atoms with Crippen LogP contribution in [-0.4, -0.2) is 16.2 Å². The molecule has 0 saturated heterocycles. The number of carboxylic acids is 1. The summed E-state index contributed by atoms with van der Waals surface area (Å²) in [5.74, 6) is 0.125. The van der Waals surface area contributed by atoms with Crippen molar-refractivity contribution in [3.05, 3.63) is 68.9 Å². The van der Waals surface area contributed by atoms with Crippen LogP contribution >= 0.6 is 11.3 Å². The van der Waals surface area contributed by atoms with E-state index in [4.69, 9.17) is 5.11 Å². The Hall–Kier alpha value is -1.91. The summed E-state index contributed by atoms with van der Waals surface area (Å²) in [5.41, 5.74) is 3.76. The lowest BCUT2D eigenvalue weighted by Gasteiger charge is -2.23. The van der Waals surface area contributed by atoms with Crippen LogP contribution in [0.1, 0.15) is 90.1 Å². The van der Waals surface area contributed by atoms with Gasteiger partial charge in [0.2, 0.25) is 0 Å². The molecule has 0 aliphatic heterocycles. The zero-order valence-electron chi connectivity index (χ0n) is 17.4. The third-order valence-electron chi connectivity index (χ3n) is 6.10. The number of carboxylic acid groups (broad SMARTS) is 1. The summed E-state index contributed by atoms with van der Waals surface area (Å²) in [7, 11) is 0. The monoisotopic (exact) mass is 412 g/mol. The number of aromatic carboxylic acids is 1. The summed E-state index contributed by atoms with van der Waals surface area (Å²) in [4.78, 5) is 12.7. The predicted molar refractivity (Wildman–Crippen MR) is 120 cm³/mol. The highest BCUT2D eigenvalue weighted by Crippen LogP contribution is 2.42. The number of hydrogen-bond acceptors (Lipinski definition) is 3. The van der Waals surface area contributed by atoms with Gasteiger partial charge in [-0.1, -0.05) is 62.1 Å². The fraction of sp³-hybridized carbons (Fsp3) is 0.480. The number of allylic oxidation sites excluding steroid dienone is 2. The van der Waals surface area contributed by atoms with E-state index in [1.165, 1.54) is 35.3 Å². The van der Waals surface area contributed by atoms with Crippen LogP contribution in [-0.2, 0) is 6.42 Å². The van der Waals surface area contributed by atoms with Gasteiger partial charge in [0.25, 0.3) is 0 Å². The number of aliphatic hydroxyl groups excluding tert-OH is 1. The largest absolute Gasteiger partial charge is 0.477 e. The van der Waals surface area contributed by atoms with Gasteiger partial charge in [-0.2, -0.15) is 0 Å². The van der Waals surface area contributed by atoms with Gasteiger partial charge >= 0.3 is 5.97 Å². The number of carbonyl (C=O) groups is 1. The number of benzene rings is 1. The minimum absolute atomic E-state index is 0.367. The number of hydrogen-bond donors (Lipinski definition) is 2. The Kier molecular flexibility index (Phi) is 7.68. The molecule has 0 bridgehead atoms. The minimum atomic E-state index is -0.838. The molecule has 3 nitrogen and oxygen atoms in total. The third-order valence-corrected chi connectivity index (χ3v) is 7.23. The Morgan fingerprint density at radius 2 is 1.93 bits per heavy atom. The Bertz CT molecular complexity index is 834. The molecule has 0 spiro atoms. The highest BCUT2D eigenvalue weighted by molar-refractivity contribution is 7.13. The molecule has 2 aromatic rings. The van der Waals surface area contributed by atoms with E-state index < -0.39 is 5.97 Å². The topological polar surface area (TPSA) is 57.5 Å². The normalized spacial score (nSPS) is 19.9. The Morgan fingerprint density at radius 1 is 1.17 bits per heavy atom. The van der Waals surface area contributed by atoms with Gasteiger partial charge in [0.1, 0.15) is 4.88 Å². The summed E-state index contributed by atoms with van der Waals surface area (Å²) < 4.78 is 0. The molecule has 3 rings (SSSR count). The average molecular weight is 413 g/mol. The Labute approximate surface area is 178 Å². The molecule has 3 atom stereocenters. The molecule has 1 aromatic carbocycles. The first-order valence-corrected chi connectivity index (χ1v) is 11.6.